The minimum atomic E-state index is -0.676. The molecule has 5 aromatic rings. The van der Waals surface area contributed by atoms with E-state index in [0.717, 1.165) is 0 Å². The number of nitrogens with zero attached hydrogens (tertiary/aromatic N) is 3. The van der Waals surface area contributed by atoms with E-state index < -0.39 is 17.0 Å². The zero-order valence-corrected chi connectivity index (χ0v) is 23.2. The first-order valence-corrected chi connectivity index (χ1v) is 12.8. The molecule has 0 amide bonds. The fraction of sp³-hybridized carbons (Fsp3) is 0.188. The van der Waals surface area contributed by atoms with E-state index in [1.54, 1.807) is 56.7 Å². The van der Waals surface area contributed by atoms with Gasteiger partial charge in [-0.25, -0.2) is 13.8 Å². The van der Waals surface area contributed by atoms with Crippen molar-refractivity contribution in [1.29, 1.82) is 0 Å². The monoisotopic (exact) mass is 555 g/mol. The third-order valence-corrected chi connectivity index (χ3v) is 7.24. The molecule has 2 aromatic carbocycles. The fourth-order valence-electron chi connectivity index (χ4n) is 4.82. The maximum Gasteiger partial charge on any atom is 0.200 e. The summed E-state index contributed by atoms with van der Waals surface area (Å²) in [7, 11) is 3.29. The van der Waals surface area contributed by atoms with E-state index in [2.05, 4.69) is 9.97 Å². The van der Waals surface area contributed by atoms with Crippen LogP contribution in [0.15, 0.2) is 65.7 Å². The summed E-state index contributed by atoms with van der Waals surface area (Å²) >= 11 is 0. The van der Waals surface area contributed by atoms with E-state index >= 15 is 4.39 Å². The van der Waals surface area contributed by atoms with Gasteiger partial charge in [0, 0.05) is 48.7 Å². The van der Waals surface area contributed by atoms with Crippen LogP contribution >= 0.6 is 0 Å². The molecular weight excluding hydrogens is 528 g/mol. The first-order valence-electron chi connectivity index (χ1n) is 12.8. The van der Waals surface area contributed by atoms with Crippen molar-refractivity contribution in [2.45, 2.75) is 27.2 Å². The molecule has 5 rings (SSSR count). The van der Waals surface area contributed by atoms with E-state index in [0.29, 0.717) is 56.2 Å². The van der Waals surface area contributed by atoms with Crippen molar-refractivity contribution in [3.63, 3.8) is 0 Å². The molecule has 0 aliphatic rings. The van der Waals surface area contributed by atoms with Crippen LogP contribution in [0.3, 0.4) is 0 Å². The van der Waals surface area contributed by atoms with Crippen LogP contribution in [0.25, 0.3) is 22.2 Å². The molecule has 0 radical (unpaired) electrons. The first-order chi connectivity index (χ1) is 19.6. The molecule has 3 aromatic heterocycles. The zero-order chi connectivity index (χ0) is 29.4. The van der Waals surface area contributed by atoms with Crippen molar-refractivity contribution in [3.8, 4) is 28.4 Å². The number of rotatable bonds is 7. The average Bonchev–Trinajstić information content (AvgIpc) is 2.95. The Bertz CT molecular complexity index is 1900. The van der Waals surface area contributed by atoms with Gasteiger partial charge >= 0.3 is 0 Å². The number of ether oxygens (including phenoxy) is 2. The number of pyridine rings is 3. The van der Waals surface area contributed by atoms with Crippen LogP contribution < -0.4 is 14.9 Å². The lowest BCUT2D eigenvalue weighted by Gasteiger charge is -2.18. The SMILES string of the molecule is COc1cnc2c(Oc3ccc(CC(=O)c4c(C)n(C)c(C)c(-c5ccc(F)c(C)c5)c4=O)cc3F)ccnc2c1. The Morgan fingerprint density at radius 1 is 0.927 bits per heavy atom. The van der Waals surface area contributed by atoms with E-state index in [1.165, 1.54) is 43.8 Å². The van der Waals surface area contributed by atoms with Crippen LogP contribution in [-0.4, -0.2) is 27.4 Å². The molecule has 0 saturated heterocycles. The van der Waals surface area contributed by atoms with Crippen LogP contribution in [0.1, 0.15) is 32.9 Å². The maximum atomic E-state index is 15.2. The summed E-state index contributed by atoms with van der Waals surface area (Å²) in [6.07, 6.45) is 2.84. The van der Waals surface area contributed by atoms with Crippen LogP contribution in [0.4, 0.5) is 8.78 Å². The molecule has 0 aliphatic carbocycles. The molecule has 0 unspecified atom stereocenters. The second kappa shape index (κ2) is 10.9. The number of benzene rings is 2. The Hall–Kier alpha value is -4.92. The second-order valence-corrected chi connectivity index (χ2v) is 9.79. The molecule has 0 bridgehead atoms. The minimum absolute atomic E-state index is 0.0144. The van der Waals surface area contributed by atoms with Gasteiger partial charge in [0.05, 0.1) is 24.4 Å². The van der Waals surface area contributed by atoms with Gasteiger partial charge in [-0.15, -0.1) is 0 Å². The number of Topliss-reactive ketones (excluding diaryl/α,β-unsaturated/α-hetero) is 1. The van der Waals surface area contributed by atoms with E-state index in [4.69, 9.17) is 9.47 Å². The van der Waals surface area contributed by atoms with Gasteiger partial charge in [-0.05, 0) is 61.7 Å². The van der Waals surface area contributed by atoms with Crippen molar-refractivity contribution in [3.05, 3.63) is 111 Å². The Morgan fingerprint density at radius 2 is 1.71 bits per heavy atom. The summed E-state index contributed by atoms with van der Waals surface area (Å²) in [6, 6.07) is 11.9. The Labute approximate surface area is 235 Å². The topological polar surface area (TPSA) is 83.3 Å². The molecule has 41 heavy (non-hydrogen) atoms. The van der Waals surface area contributed by atoms with Gasteiger partial charge in [0.15, 0.2) is 23.1 Å². The summed E-state index contributed by atoms with van der Waals surface area (Å²) in [6.45, 7) is 5.09. The molecule has 0 atom stereocenters. The van der Waals surface area contributed by atoms with Gasteiger partial charge < -0.3 is 14.0 Å². The van der Waals surface area contributed by atoms with Crippen molar-refractivity contribution in [1.82, 2.24) is 14.5 Å². The Balaban J connectivity index is 1.45. The highest BCUT2D eigenvalue weighted by atomic mass is 19.1. The Kier molecular flexibility index (Phi) is 7.36. The summed E-state index contributed by atoms with van der Waals surface area (Å²) in [5, 5.41) is 0. The van der Waals surface area contributed by atoms with Crippen molar-refractivity contribution >= 4 is 16.8 Å². The molecule has 0 aliphatic heterocycles. The van der Waals surface area contributed by atoms with Gasteiger partial charge in [-0.3, -0.25) is 14.6 Å². The molecule has 3 heterocycles. The summed E-state index contributed by atoms with van der Waals surface area (Å²) in [5.74, 6) is -0.722. The van der Waals surface area contributed by atoms with Gasteiger partial charge in [-0.2, -0.15) is 0 Å². The highest BCUT2D eigenvalue weighted by Crippen LogP contribution is 2.31. The minimum Gasteiger partial charge on any atom is -0.495 e. The first kappa shape index (κ1) is 27.6. The van der Waals surface area contributed by atoms with Crippen molar-refractivity contribution in [2.24, 2.45) is 7.05 Å². The van der Waals surface area contributed by atoms with Crippen molar-refractivity contribution < 1.29 is 23.0 Å². The van der Waals surface area contributed by atoms with Crippen LogP contribution in [0.5, 0.6) is 17.2 Å². The number of aryl methyl sites for hydroxylation is 1. The highest BCUT2D eigenvalue weighted by molar-refractivity contribution is 5.99. The number of hydrogen-bond donors (Lipinski definition) is 0. The average molecular weight is 556 g/mol. The lowest BCUT2D eigenvalue weighted by atomic mass is 9.94. The fourth-order valence-corrected chi connectivity index (χ4v) is 4.82. The summed E-state index contributed by atoms with van der Waals surface area (Å²) in [4.78, 5) is 35.6. The number of ketones is 1. The predicted molar refractivity (Wildman–Crippen MR) is 152 cm³/mol. The second-order valence-electron chi connectivity index (χ2n) is 9.79. The Morgan fingerprint density at radius 3 is 2.41 bits per heavy atom. The molecule has 208 valence electrons. The van der Waals surface area contributed by atoms with Gasteiger partial charge in [-0.1, -0.05) is 12.1 Å². The van der Waals surface area contributed by atoms with Crippen LogP contribution in [-0.2, 0) is 13.5 Å². The molecule has 0 N–H and O–H groups in total. The highest BCUT2D eigenvalue weighted by Gasteiger charge is 2.23. The summed E-state index contributed by atoms with van der Waals surface area (Å²) in [5.41, 5.74) is 3.31. The molecule has 7 nitrogen and oxygen atoms in total. The third-order valence-electron chi connectivity index (χ3n) is 7.24. The van der Waals surface area contributed by atoms with Gasteiger partial charge in [0.25, 0.3) is 0 Å². The lowest BCUT2D eigenvalue weighted by molar-refractivity contribution is 0.0990. The third kappa shape index (κ3) is 5.18. The maximum absolute atomic E-state index is 15.2. The van der Waals surface area contributed by atoms with Crippen molar-refractivity contribution in [2.75, 3.05) is 7.11 Å². The number of fused-ring (bicyclic) bond motifs is 1. The van der Waals surface area contributed by atoms with Crippen LogP contribution in [0, 0.1) is 32.4 Å². The molecular formula is C32H27F2N3O4. The molecule has 0 spiro atoms. The number of methoxy groups -OCH3 is 1. The van der Waals surface area contributed by atoms with Gasteiger partial charge in [0.1, 0.15) is 17.1 Å². The lowest BCUT2D eigenvalue weighted by Crippen LogP contribution is -2.25. The molecule has 0 saturated carbocycles. The number of halogens is 2. The number of hydrogen-bond acceptors (Lipinski definition) is 6. The zero-order valence-electron chi connectivity index (χ0n) is 23.2. The number of carbonyl (C=O) groups excluding carboxylic acids is 1. The van der Waals surface area contributed by atoms with E-state index in [1.807, 2.05) is 0 Å². The molecule has 0 fully saturated rings. The predicted octanol–water partition coefficient (Wildman–Crippen LogP) is 6.43. The van der Waals surface area contributed by atoms with E-state index in [9.17, 15) is 14.0 Å². The standard InChI is InChI=1S/C32H27F2N3O4/c1-17-12-21(7-8-23(17)33)29-18(2)37(4)19(3)30(32(29)39)26(38)14-20-6-9-27(24(34)13-20)41-28-10-11-35-25-15-22(40-5)16-36-31(25)28/h6-13,15-16H,14H2,1-5H3. The summed E-state index contributed by atoms with van der Waals surface area (Å²) < 4.78 is 41.8. The number of aromatic nitrogens is 3. The molecule has 9 heteroatoms. The quantitative estimate of drug-likeness (QED) is 0.215. The van der Waals surface area contributed by atoms with Crippen LogP contribution in [0.2, 0.25) is 0 Å². The van der Waals surface area contributed by atoms with Gasteiger partial charge in [0.2, 0.25) is 5.43 Å². The largest absolute Gasteiger partial charge is 0.495 e. The smallest absolute Gasteiger partial charge is 0.200 e. The normalized spacial score (nSPS) is 11.1. The van der Waals surface area contributed by atoms with E-state index in [-0.39, 0.29) is 23.6 Å². The number of carbonyl (C=O) groups is 1.